The quantitative estimate of drug-likeness (QED) is 0.361. The molecule has 8 heteroatoms. The molecule has 1 aromatic heterocycles. The molecule has 0 aliphatic carbocycles. The zero-order valence-corrected chi connectivity index (χ0v) is 17.2. The van der Waals surface area contributed by atoms with Crippen molar-refractivity contribution in [3.8, 4) is 5.69 Å². The van der Waals surface area contributed by atoms with E-state index in [-0.39, 0.29) is 5.82 Å². The molecule has 0 radical (unpaired) electrons. The number of aryl methyl sites for hydroxylation is 2. The van der Waals surface area contributed by atoms with Gasteiger partial charge < -0.3 is 5.32 Å². The van der Waals surface area contributed by atoms with Gasteiger partial charge in [-0.1, -0.05) is 23.7 Å². The van der Waals surface area contributed by atoms with Crippen molar-refractivity contribution in [3.05, 3.63) is 75.8 Å². The summed E-state index contributed by atoms with van der Waals surface area (Å²) in [5, 5.41) is 12.4. The first kappa shape index (κ1) is 20.0. The van der Waals surface area contributed by atoms with Crippen LogP contribution >= 0.6 is 23.8 Å². The van der Waals surface area contributed by atoms with E-state index in [0.717, 1.165) is 11.3 Å². The SMILES string of the molecule is Cc1cccc(NC(=S)N/N=C\c2c(C)nn(-c3ccc(F)cc3)c2Cl)c1C. The van der Waals surface area contributed by atoms with Crippen LogP contribution in [0.3, 0.4) is 0 Å². The fraction of sp³-hybridized carbons (Fsp3) is 0.150. The van der Waals surface area contributed by atoms with Gasteiger partial charge in [0.2, 0.25) is 0 Å². The maximum Gasteiger partial charge on any atom is 0.191 e. The lowest BCUT2D eigenvalue weighted by Gasteiger charge is -2.11. The molecule has 0 aliphatic heterocycles. The predicted octanol–water partition coefficient (Wildman–Crippen LogP) is 4.91. The second kappa shape index (κ2) is 8.50. The zero-order chi connectivity index (χ0) is 20.3. The number of nitrogens with zero attached hydrogens (tertiary/aromatic N) is 3. The van der Waals surface area contributed by atoms with Crippen LogP contribution in [0, 0.1) is 26.6 Å². The summed E-state index contributed by atoms with van der Waals surface area (Å²) >= 11 is 11.7. The van der Waals surface area contributed by atoms with Gasteiger partial charge in [-0.3, -0.25) is 5.43 Å². The number of aromatic nitrogens is 2. The summed E-state index contributed by atoms with van der Waals surface area (Å²) in [6.07, 6.45) is 1.56. The Bertz CT molecular complexity index is 1040. The maximum atomic E-state index is 13.1. The summed E-state index contributed by atoms with van der Waals surface area (Å²) in [6, 6.07) is 11.9. The lowest BCUT2D eigenvalue weighted by molar-refractivity contribution is 0.627. The van der Waals surface area contributed by atoms with Crippen molar-refractivity contribution in [3.63, 3.8) is 0 Å². The molecule has 3 rings (SSSR count). The molecule has 0 unspecified atom stereocenters. The average molecular weight is 416 g/mol. The minimum atomic E-state index is -0.320. The Morgan fingerprint density at radius 1 is 1.18 bits per heavy atom. The molecule has 0 amide bonds. The van der Waals surface area contributed by atoms with Crippen LogP contribution in [-0.4, -0.2) is 21.1 Å². The Hall–Kier alpha value is -2.77. The third kappa shape index (κ3) is 4.37. The standard InChI is InChI=1S/C20H19ClFN5S/c1-12-5-4-6-18(13(12)2)24-20(28)25-23-11-17-14(3)26-27(19(17)21)16-9-7-15(22)8-10-16/h4-11H,1-3H3,(H2,24,25,28)/b23-11-. The van der Waals surface area contributed by atoms with Crippen LogP contribution in [0.4, 0.5) is 10.1 Å². The van der Waals surface area contributed by atoms with Gasteiger partial charge in [0, 0.05) is 5.69 Å². The molecule has 1 heterocycles. The van der Waals surface area contributed by atoms with Crippen LogP contribution < -0.4 is 10.7 Å². The molecule has 0 saturated carbocycles. The summed E-state index contributed by atoms with van der Waals surface area (Å²) in [5.41, 5.74) is 7.99. The number of hydrogen-bond donors (Lipinski definition) is 2. The van der Waals surface area contributed by atoms with Gasteiger partial charge >= 0.3 is 0 Å². The Kier molecular flexibility index (Phi) is 6.06. The van der Waals surface area contributed by atoms with Crippen molar-refractivity contribution in [2.24, 2.45) is 5.10 Å². The van der Waals surface area contributed by atoms with Crippen LogP contribution in [0.25, 0.3) is 5.69 Å². The largest absolute Gasteiger partial charge is 0.331 e. The molecule has 0 aliphatic rings. The minimum Gasteiger partial charge on any atom is -0.331 e. The van der Waals surface area contributed by atoms with Crippen molar-refractivity contribution in [1.29, 1.82) is 0 Å². The van der Waals surface area contributed by atoms with E-state index in [1.165, 1.54) is 22.4 Å². The van der Waals surface area contributed by atoms with Crippen LogP contribution in [0.5, 0.6) is 0 Å². The summed E-state index contributed by atoms with van der Waals surface area (Å²) in [5.74, 6) is -0.320. The monoisotopic (exact) mass is 415 g/mol. The second-order valence-electron chi connectivity index (χ2n) is 6.25. The van der Waals surface area contributed by atoms with Gasteiger partial charge in [-0.25, -0.2) is 9.07 Å². The van der Waals surface area contributed by atoms with E-state index in [4.69, 9.17) is 23.8 Å². The Morgan fingerprint density at radius 3 is 2.61 bits per heavy atom. The number of nitrogens with one attached hydrogen (secondary N) is 2. The highest BCUT2D eigenvalue weighted by Gasteiger charge is 2.13. The van der Waals surface area contributed by atoms with Crippen molar-refractivity contribution >= 4 is 40.8 Å². The molecule has 28 heavy (non-hydrogen) atoms. The van der Waals surface area contributed by atoms with E-state index in [1.807, 2.05) is 39.0 Å². The van der Waals surface area contributed by atoms with E-state index in [0.29, 0.717) is 27.2 Å². The van der Waals surface area contributed by atoms with Crippen molar-refractivity contribution < 1.29 is 4.39 Å². The van der Waals surface area contributed by atoms with Gasteiger partial charge in [-0.2, -0.15) is 10.2 Å². The van der Waals surface area contributed by atoms with Crippen molar-refractivity contribution in [1.82, 2.24) is 15.2 Å². The second-order valence-corrected chi connectivity index (χ2v) is 7.02. The first-order valence-electron chi connectivity index (χ1n) is 8.54. The Morgan fingerprint density at radius 2 is 1.89 bits per heavy atom. The number of anilines is 1. The highest BCUT2D eigenvalue weighted by atomic mass is 35.5. The maximum absolute atomic E-state index is 13.1. The topological polar surface area (TPSA) is 54.2 Å². The fourth-order valence-electron chi connectivity index (χ4n) is 2.60. The fourth-order valence-corrected chi connectivity index (χ4v) is 3.09. The lowest BCUT2D eigenvalue weighted by Crippen LogP contribution is -2.24. The van der Waals surface area contributed by atoms with E-state index < -0.39 is 0 Å². The smallest absolute Gasteiger partial charge is 0.191 e. The van der Waals surface area contributed by atoms with E-state index in [2.05, 4.69) is 20.9 Å². The van der Waals surface area contributed by atoms with Gasteiger partial charge in [0.1, 0.15) is 11.0 Å². The molecule has 5 nitrogen and oxygen atoms in total. The van der Waals surface area contributed by atoms with Gasteiger partial charge in [0.25, 0.3) is 0 Å². The van der Waals surface area contributed by atoms with Crippen LogP contribution in [0.15, 0.2) is 47.6 Å². The molecule has 144 valence electrons. The summed E-state index contributed by atoms with van der Waals surface area (Å²) in [7, 11) is 0. The number of thiocarbonyl (C=S) groups is 1. The van der Waals surface area contributed by atoms with Gasteiger partial charge in [-0.15, -0.1) is 0 Å². The van der Waals surface area contributed by atoms with E-state index in [9.17, 15) is 4.39 Å². The van der Waals surface area contributed by atoms with Crippen molar-refractivity contribution in [2.45, 2.75) is 20.8 Å². The summed E-state index contributed by atoms with van der Waals surface area (Å²) in [6.45, 7) is 5.88. The van der Waals surface area contributed by atoms with Crippen LogP contribution in [0.2, 0.25) is 5.15 Å². The molecule has 0 atom stereocenters. The molecule has 2 N–H and O–H groups in total. The van der Waals surface area contributed by atoms with Gasteiger partial charge in [-0.05, 0) is 74.4 Å². The molecule has 0 saturated heterocycles. The lowest BCUT2D eigenvalue weighted by atomic mass is 10.1. The number of hydrazone groups is 1. The third-order valence-corrected chi connectivity index (χ3v) is 4.89. The normalized spacial score (nSPS) is 11.0. The summed E-state index contributed by atoms with van der Waals surface area (Å²) in [4.78, 5) is 0. The number of hydrogen-bond acceptors (Lipinski definition) is 3. The van der Waals surface area contributed by atoms with Crippen molar-refractivity contribution in [2.75, 3.05) is 5.32 Å². The average Bonchev–Trinajstić information content (AvgIpc) is 2.94. The first-order valence-corrected chi connectivity index (χ1v) is 9.32. The highest BCUT2D eigenvalue weighted by molar-refractivity contribution is 7.80. The Balaban J connectivity index is 1.71. The summed E-state index contributed by atoms with van der Waals surface area (Å²) < 4.78 is 14.7. The van der Waals surface area contributed by atoms with Crippen LogP contribution in [-0.2, 0) is 0 Å². The number of rotatable bonds is 4. The van der Waals surface area contributed by atoms with Gasteiger partial charge in [0.15, 0.2) is 5.11 Å². The molecule has 3 aromatic rings. The zero-order valence-electron chi connectivity index (χ0n) is 15.6. The van der Waals surface area contributed by atoms with Gasteiger partial charge in [0.05, 0.1) is 23.2 Å². The molecular weight excluding hydrogens is 397 g/mol. The highest BCUT2D eigenvalue weighted by Crippen LogP contribution is 2.22. The Labute approximate surface area is 173 Å². The number of benzene rings is 2. The molecule has 0 fully saturated rings. The molecule has 2 aromatic carbocycles. The molecule has 0 bridgehead atoms. The predicted molar refractivity (Wildman–Crippen MR) is 116 cm³/mol. The number of halogens is 2. The molecular formula is C20H19ClFN5S. The molecule has 0 spiro atoms. The van der Waals surface area contributed by atoms with E-state index >= 15 is 0 Å². The van der Waals surface area contributed by atoms with E-state index in [1.54, 1.807) is 18.3 Å². The first-order chi connectivity index (χ1) is 13.4. The van der Waals surface area contributed by atoms with Crippen LogP contribution in [0.1, 0.15) is 22.4 Å². The third-order valence-electron chi connectivity index (χ3n) is 4.33. The minimum absolute atomic E-state index is 0.320.